The number of hydrogen-bond donors (Lipinski definition) is 1. The Morgan fingerprint density at radius 3 is 2.49 bits per heavy atom. The molecule has 206 valence electrons. The Kier molecular flexibility index (Phi) is 7.74. The first kappa shape index (κ1) is 26.9. The number of likely N-dealkylation sites (tertiary alicyclic amines) is 2. The largest absolute Gasteiger partial charge is 0.485 e. The van der Waals surface area contributed by atoms with Crippen LogP contribution in [-0.2, 0) is 12.8 Å². The van der Waals surface area contributed by atoms with E-state index in [9.17, 15) is 22.4 Å². The Labute approximate surface area is 224 Å². The summed E-state index contributed by atoms with van der Waals surface area (Å²) in [5.41, 5.74) is 6.08. The van der Waals surface area contributed by atoms with E-state index in [0.29, 0.717) is 11.1 Å². The van der Waals surface area contributed by atoms with E-state index in [-0.39, 0.29) is 23.5 Å². The fraction of sp³-hybridized carbons (Fsp3) is 0.379. The number of alkyl halides is 3. The summed E-state index contributed by atoms with van der Waals surface area (Å²) in [4.78, 5) is 21.8. The summed E-state index contributed by atoms with van der Waals surface area (Å²) in [6, 6.07) is 11.6. The maximum atomic E-state index is 14.2. The van der Waals surface area contributed by atoms with Crippen LogP contribution in [-0.4, -0.2) is 52.9 Å². The average molecular weight is 543 g/mol. The molecule has 2 aliphatic rings. The second-order valence-electron chi connectivity index (χ2n) is 10.0. The van der Waals surface area contributed by atoms with Gasteiger partial charge in [0.2, 0.25) is 0 Å². The van der Waals surface area contributed by atoms with Crippen LogP contribution in [0.3, 0.4) is 0 Å². The van der Waals surface area contributed by atoms with Crippen molar-refractivity contribution in [2.45, 2.75) is 44.5 Å². The fourth-order valence-corrected chi connectivity index (χ4v) is 5.38. The first-order valence-electron chi connectivity index (χ1n) is 13.1. The molecule has 2 fully saturated rings. The topological polar surface area (TPSA) is 71.7 Å². The van der Waals surface area contributed by atoms with Crippen LogP contribution in [0, 0.1) is 5.82 Å². The predicted octanol–water partition coefficient (Wildman–Crippen LogP) is 5.77. The van der Waals surface area contributed by atoms with Gasteiger partial charge in [0.1, 0.15) is 12.4 Å². The van der Waals surface area contributed by atoms with Gasteiger partial charge in [-0.05, 0) is 74.7 Å². The molecule has 3 aromatic rings. The molecule has 1 atom stereocenters. The molecule has 2 saturated heterocycles. The molecule has 0 saturated carbocycles. The molecule has 0 bridgehead atoms. The predicted molar refractivity (Wildman–Crippen MR) is 140 cm³/mol. The number of halogens is 4. The van der Waals surface area contributed by atoms with Gasteiger partial charge >= 0.3 is 6.18 Å². The lowest BCUT2D eigenvalue weighted by Gasteiger charge is -2.28. The van der Waals surface area contributed by atoms with E-state index in [1.54, 1.807) is 30.3 Å². The van der Waals surface area contributed by atoms with Gasteiger partial charge in [0.15, 0.2) is 11.6 Å². The lowest BCUT2D eigenvalue weighted by Crippen LogP contribution is -2.42. The highest BCUT2D eigenvalue weighted by Crippen LogP contribution is 2.35. The van der Waals surface area contributed by atoms with Crippen molar-refractivity contribution < 1.29 is 27.1 Å². The first-order valence-corrected chi connectivity index (χ1v) is 13.1. The van der Waals surface area contributed by atoms with Crippen LogP contribution >= 0.6 is 0 Å². The summed E-state index contributed by atoms with van der Waals surface area (Å²) < 4.78 is 59.7. The Bertz CT molecular complexity index is 1320. The molecule has 1 aromatic heterocycles. The second kappa shape index (κ2) is 11.2. The van der Waals surface area contributed by atoms with Gasteiger partial charge in [-0.25, -0.2) is 9.37 Å². The molecule has 2 aromatic carbocycles. The van der Waals surface area contributed by atoms with Gasteiger partial charge < -0.3 is 20.3 Å². The molecule has 39 heavy (non-hydrogen) atoms. The van der Waals surface area contributed by atoms with Crippen LogP contribution < -0.4 is 10.5 Å². The van der Waals surface area contributed by atoms with E-state index in [0.717, 1.165) is 62.8 Å². The second-order valence-corrected chi connectivity index (χ2v) is 10.0. The Balaban J connectivity index is 1.29. The number of amides is 1. The normalized spacial score (nSPS) is 18.1. The SMILES string of the molecule is Nc1ncc(-c2ccc(C(=O)N3CCCC3CN3CCCC3)cc2)cc1OCc1c(F)cccc1C(F)(F)F. The fourth-order valence-electron chi connectivity index (χ4n) is 5.38. The van der Waals surface area contributed by atoms with Crippen molar-refractivity contribution in [1.82, 2.24) is 14.8 Å². The van der Waals surface area contributed by atoms with Gasteiger partial charge in [-0.15, -0.1) is 0 Å². The number of rotatable bonds is 7. The van der Waals surface area contributed by atoms with E-state index in [1.165, 1.54) is 19.0 Å². The van der Waals surface area contributed by atoms with Crippen molar-refractivity contribution in [3.63, 3.8) is 0 Å². The average Bonchev–Trinajstić information content (AvgIpc) is 3.60. The number of nitrogen functional groups attached to an aromatic ring is 1. The standard InChI is InChI=1S/C29H30F4N4O2/c30-25-7-3-6-24(29(31,32)33)23(25)18-39-26-15-21(16-35-27(26)34)19-8-10-20(11-9-19)28(38)37-14-4-5-22(37)17-36-12-1-2-13-36/h3,6-11,15-16,22H,1-2,4-5,12-14,17-18H2,(H2,34,35). The quantitative estimate of drug-likeness (QED) is 0.384. The molecule has 10 heteroatoms. The van der Waals surface area contributed by atoms with E-state index >= 15 is 0 Å². The molecule has 2 aliphatic heterocycles. The zero-order valence-electron chi connectivity index (χ0n) is 21.4. The number of carbonyl (C=O) groups is 1. The van der Waals surface area contributed by atoms with E-state index < -0.39 is 29.7 Å². The summed E-state index contributed by atoms with van der Waals surface area (Å²) >= 11 is 0. The number of hydrogen-bond acceptors (Lipinski definition) is 5. The van der Waals surface area contributed by atoms with Crippen molar-refractivity contribution in [1.29, 1.82) is 0 Å². The van der Waals surface area contributed by atoms with Crippen LogP contribution in [0.1, 0.15) is 47.2 Å². The van der Waals surface area contributed by atoms with Crippen LogP contribution in [0.5, 0.6) is 5.75 Å². The zero-order valence-corrected chi connectivity index (χ0v) is 21.4. The molecule has 0 aliphatic carbocycles. The minimum absolute atomic E-state index is 0.00746. The number of pyridine rings is 1. The van der Waals surface area contributed by atoms with Crippen molar-refractivity contribution in [3.05, 3.63) is 77.2 Å². The third-order valence-electron chi connectivity index (χ3n) is 7.45. The van der Waals surface area contributed by atoms with Gasteiger partial charge in [-0.3, -0.25) is 4.79 Å². The number of nitrogens with zero attached hydrogens (tertiary/aromatic N) is 3. The Morgan fingerprint density at radius 2 is 1.77 bits per heavy atom. The highest BCUT2D eigenvalue weighted by molar-refractivity contribution is 5.95. The van der Waals surface area contributed by atoms with Crippen LogP contribution in [0.15, 0.2) is 54.7 Å². The molecule has 3 heterocycles. The molecule has 1 amide bonds. The molecule has 2 N–H and O–H groups in total. The number of aromatic nitrogens is 1. The summed E-state index contributed by atoms with van der Waals surface area (Å²) in [6.45, 7) is 3.19. The first-order chi connectivity index (χ1) is 18.7. The van der Waals surface area contributed by atoms with Gasteiger partial charge in [-0.2, -0.15) is 13.2 Å². The van der Waals surface area contributed by atoms with E-state index in [2.05, 4.69) is 9.88 Å². The zero-order chi connectivity index (χ0) is 27.6. The molecule has 0 spiro atoms. The molecular formula is C29H30F4N4O2. The van der Waals surface area contributed by atoms with Crippen LogP contribution in [0.2, 0.25) is 0 Å². The number of benzene rings is 2. The Morgan fingerprint density at radius 1 is 1.03 bits per heavy atom. The van der Waals surface area contributed by atoms with Crippen molar-refractivity contribution in [2.75, 3.05) is 31.9 Å². The van der Waals surface area contributed by atoms with Crippen LogP contribution in [0.4, 0.5) is 23.4 Å². The molecule has 0 radical (unpaired) electrons. The lowest BCUT2D eigenvalue weighted by molar-refractivity contribution is -0.138. The highest BCUT2D eigenvalue weighted by atomic mass is 19.4. The Hall–Kier alpha value is -3.66. The maximum absolute atomic E-state index is 14.2. The monoisotopic (exact) mass is 542 g/mol. The number of anilines is 1. The highest BCUT2D eigenvalue weighted by Gasteiger charge is 2.35. The lowest BCUT2D eigenvalue weighted by atomic mass is 10.0. The van der Waals surface area contributed by atoms with E-state index in [1.807, 2.05) is 4.90 Å². The summed E-state index contributed by atoms with van der Waals surface area (Å²) in [5, 5.41) is 0. The van der Waals surface area contributed by atoms with Gasteiger partial charge in [0.05, 0.1) is 5.56 Å². The third kappa shape index (κ3) is 6.00. The van der Waals surface area contributed by atoms with Crippen molar-refractivity contribution >= 4 is 11.7 Å². The molecule has 5 rings (SSSR count). The minimum Gasteiger partial charge on any atom is -0.485 e. The minimum atomic E-state index is -4.73. The molecule has 6 nitrogen and oxygen atoms in total. The smallest absolute Gasteiger partial charge is 0.416 e. The number of nitrogens with two attached hydrogens (primary N) is 1. The summed E-state index contributed by atoms with van der Waals surface area (Å²) in [6.07, 6.45) is 1.22. The van der Waals surface area contributed by atoms with Crippen LogP contribution in [0.25, 0.3) is 11.1 Å². The van der Waals surface area contributed by atoms with Gasteiger partial charge in [0.25, 0.3) is 5.91 Å². The summed E-state index contributed by atoms with van der Waals surface area (Å²) in [5.74, 6) is -1.01. The van der Waals surface area contributed by atoms with Crippen molar-refractivity contribution in [2.24, 2.45) is 0 Å². The number of ether oxygens (including phenoxy) is 1. The van der Waals surface area contributed by atoms with Crippen molar-refractivity contribution in [3.8, 4) is 16.9 Å². The van der Waals surface area contributed by atoms with Gasteiger partial charge in [-0.1, -0.05) is 18.2 Å². The third-order valence-corrected chi connectivity index (χ3v) is 7.45. The number of carbonyl (C=O) groups excluding carboxylic acids is 1. The summed E-state index contributed by atoms with van der Waals surface area (Å²) in [7, 11) is 0. The molecular weight excluding hydrogens is 512 g/mol. The maximum Gasteiger partial charge on any atom is 0.416 e. The molecule has 1 unspecified atom stereocenters. The van der Waals surface area contributed by atoms with Gasteiger partial charge in [0, 0.05) is 42.0 Å². The van der Waals surface area contributed by atoms with E-state index in [4.69, 9.17) is 10.5 Å².